The second-order valence-corrected chi connectivity index (χ2v) is 20.3. The topological polar surface area (TPSA) is 95.9 Å². The predicted octanol–water partition coefficient (Wildman–Crippen LogP) is 18.4. The van der Waals surface area contributed by atoms with Crippen molar-refractivity contribution in [1.29, 1.82) is 0 Å². The van der Waals surface area contributed by atoms with Crippen LogP contribution >= 0.6 is 0 Å². The minimum atomic E-state index is -0.851. The summed E-state index contributed by atoms with van der Waals surface area (Å²) in [4.78, 5) is 24.5. The SMILES string of the molecule is CCCC/C=C\C/C=C\CCCCCCCC(=O)OCCCCCCCCCCCCCCCCCCC(=O)NC(CO)C(O)/C=C/CCCCCCCCCCCCCCCCCCCC. The van der Waals surface area contributed by atoms with Crippen molar-refractivity contribution in [2.75, 3.05) is 13.2 Å². The highest BCUT2D eigenvalue weighted by Crippen LogP contribution is 2.17. The minimum Gasteiger partial charge on any atom is -0.466 e. The number of aliphatic hydroxyl groups excluding tert-OH is 2. The van der Waals surface area contributed by atoms with Gasteiger partial charge in [-0.15, -0.1) is 0 Å². The summed E-state index contributed by atoms with van der Waals surface area (Å²) in [5.41, 5.74) is 0. The number of carbonyl (C=O) groups is 2. The van der Waals surface area contributed by atoms with Crippen LogP contribution in [-0.2, 0) is 14.3 Å². The van der Waals surface area contributed by atoms with Crippen LogP contribution in [0.15, 0.2) is 36.5 Å². The van der Waals surface area contributed by atoms with E-state index < -0.39 is 12.1 Å². The summed E-state index contributed by atoms with van der Waals surface area (Å²) >= 11 is 0. The molecule has 0 saturated carbocycles. The smallest absolute Gasteiger partial charge is 0.305 e. The summed E-state index contributed by atoms with van der Waals surface area (Å²) in [7, 11) is 0. The fourth-order valence-electron chi connectivity index (χ4n) is 9.06. The van der Waals surface area contributed by atoms with Gasteiger partial charge < -0.3 is 20.3 Å². The Labute approximate surface area is 417 Å². The molecule has 0 aromatic rings. The molecule has 0 fully saturated rings. The van der Waals surface area contributed by atoms with Gasteiger partial charge in [-0.1, -0.05) is 281 Å². The van der Waals surface area contributed by atoms with Crippen LogP contribution in [0.5, 0.6) is 0 Å². The first-order valence-electron chi connectivity index (χ1n) is 29.8. The molecule has 0 radical (unpaired) electrons. The number of rotatable bonds is 55. The van der Waals surface area contributed by atoms with Gasteiger partial charge in [0.25, 0.3) is 0 Å². The Morgan fingerprint density at radius 3 is 1.18 bits per heavy atom. The van der Waals surface area contributed by atoms with Crippen molar-refractivity contribution in [2.45, 2.75) is 328 Å². The van der Waals surface area contributed by atoms with Crippen molar-refractivity contribution in [2.24, 2.45) is 0 Å². The average molecular weight is 943 g/mol. The van der Waals surface area contributed by atoms with E-state index in [9.17, 15) is 19.8 Å². The summed E-state index contributed by atoms with van der Waals surface area (Å²) in [5.74, 6) is -0.0856. The maximum atomic E-state index is 12.5. The summed E-state index contributed by atoms with van der Waals surface area (Å²) in [6, 6.07) is -0.634. The zero-order valence-electron chi connectivity index (χ0n) is 44.9. The number of nitrogens with one attached hydrogen (secondary N) is 1. The Bertz CT molecular complexity index is 1090. The molecule has 2 unspecified atom stereocenters. The van der Waals surface area contributed by atoms with Crippen LogP contribution in [0.2, 0.25) is 0 Å². The van der Waals surface area contributed by atoms with Gasteiger partial charge in [-0.3, -0.25) is 9.59 Å². The van der Waals surface area contributed by atoms with E-state index in [1.54, 1.807) is 6.08 Å². The van der Waals surface area contributed by atoms with Crippen LogP contribution in [0.25, 0.3) is 0 Å². The fraction of sp³-hybridized carbons (Fsp3) is 0.869. The average Bonchev–Trinajstić information content (AvgIpc) is 3.33. The quantitative estimate of drug-likeness (QED) is 0.0321. The molecule has 0 aliphatic rings. The van der Waals surface area contributed by atoms with Gasteiger partial charge in [-0.2, -0.15) is 0 Å². The van der Waals surface area contributed by atoms with Crippen LogP contribution in [0.3, 0.4) is 0 Å². The lowest BCUT2D eigenvalue weighted by Crippen LogP contribution is -2.45. The van der Waals surface area contributed by atoms with E-state index in [0.29, 0.717) is 19.4 Å². The Hall–Kier alpha value is -1.92. The van der Waals surface area contributed by atoms with Crippen LogP contribution < -0.4 is 5.32 Å². The number of hydrogen-bond acceptors (Lipinski definition) is 5. The molecule has 1 amide bonds. The molecule has 0 aliphatic carbocycles. The molecule has 6 nitrogen and oxygen atoms in total. The first-order valence-corrected chi connectivity index (χ1v) is 29.8. The second kappa shape index (κ2) is 56.7. The number of amides is 1. The van der Waals surface area contributed by atoms with Crippen molar-refractivity contribution in [3.05, 3.63) is 36.5 Å². The van der Waals surface area contributed by atoms with Crippen LogP contribution in [0.4, 0.5) is 0 Å². The van der Waals surface area contributed by atoms with Gasteiger partial charge in [-0.25, -0.2) is 0 Å². The van der Waals surface area contributed by atoms with Gasteiger partial charge in [0.2, 0.25) is 5.91 Å². The Morgan fingerprint density at radius 2 is 0.761 bits per heavy atom. The third-order valence-electron chi connectivity index (χ3n) is 13.7. The molecule has 0 rings (SSSR count). The summed E-state index contributed by atoms with van der Waals surface area (Å²) in [5, 5.41) is 23.2. The Balaban J connectivity index is 3.47. The zero-order chi connectivity index (χ0) is 48.6. The summed E-state index contributed by atoms with van der Waals surface area (Å²) in [6.07, 6.45) is 70.2. The highest BCUT2D eigenvalue weighted by atomic mass is 16.5. The first-order chi connectivity index (χ1) is 33.0. The molecular weight excluding hydrogens is 827 g/mol. The van der Waals surface area contributed by atoms with Crippen LogP contribution in [-0.4, -0.2) is 47.4 Å². The van der Waals surface area contributed by atoms with Crippen molar-refractivity contribution in [3.8, 4) is 0 Å². The van der Waals surface area contributed by atoms with E-state index in [4.69, 9.17) is 4.74 Å². The van der Waals surface area contributed by atoms with E-state index in [2.05, 4.69) is 43.5 Å². The van der Waals surface area contributed by atoms with E-state index in [1.165, 1.54) is 231 Å². The normalized spacial score (nSPS) is 12.8. The number of unbranched alkanes of at least 4 members (excludes halogenated alkanes) is 40. The van der Waals surface area contributed by atoms with Crippen molar-refractivity contribution in [3.63, 3.8) is 0 Å². The van der Waals surface area contributed by atoms with E-state index in [1.807, 2.05) is 6.08 Å². The summed E-state index contributed by atoms with van der Waals surface area (Å²) in [6.45, 7) is 4.86. The highest BCUT2D eigenvalue weighted by Gasteiger charge is 2.18. The van der Waals surface area contributed by atoms with Crippen molar-refractivity contribution in [1.82, 2.24) is 5.32 Å². The number of allylic oxidation sites excluding steroid dienone is 5. The highest BCUT2D eigenvalue weighted by molar-refractivity contribution is 5.76. The Morgan fingerprint density at radius 1 is 0.418 bits per heavy atom. The molecule has 3 N–H and O–H groups in total. The lowest BCUT2D eigenvalue weighted by atomic mass is 10.0. The molecule has 0 spiro atoms. The van der Waals surface area contributed by atoms with E-state index in [0.717, 1.165) is 57.8 Å². The van der Waals surface area contributed by atoms with Crippen LogP contribution in [0.1, 0.15) is 316 Å². The number of ether oxygens (including phenoxy) is 1. The minimum absolute atomic E-state index is 0.0123. The van der Waals surface area contributed by atoms with E-state index in [-0.39, 0.29) is 18.5 Å². The van der Waals surface area contributed by atoms with Gasteiger partial charge in [0.1, 0.15) is 0 Å². The largest absolute Gasteiger partial charge is 0.466 e. The van der Waals surface area contributed by atoms with Gasteiger partial charge in [-0.05, 0) is 57.8 Å². The maximum absolute atomic E-state index is 12.5. The van der Waals surface area contributed by atoms with Crippen molar-refractivity contribution < 1.29 is 24.5 Å². The molecule has 0 bridgehead atoms. The van der Waals surface area contributed by atoms with Gasteiger partial charge >= 0.3 is 5.97 Å². The maximum Gasteiger partial charge on any atom is 0.305 e. The molecule has 0 aromatic heterocycles. The number of aliphatic hydroxyl groups is 2. The predicted molar refractivity (Wildman–Crippen MR) is 292 cm³/mol. The third-order valence-corrected chi connectivity index (χ3v) is 13.7. The number of hydrogen-bond donors (Lipinski definition) is 3. The Kier molecular flexibility index (Phi) is 55.0. The number of carbonyl (C=O) groups excluding carboxylic acids is 2. The molecular formula is C61H115NO5. The van der Waals surface area contributed by atoms with E-state index >= 15 is 0 Å². The van der Waals surface area contributed by atoms with Gasteiger partial charge in [0.05, 0.1) is 25.4 Å². The van der Waals surface area contributed by atoms with Gasteiger partial charge in [0, 0.05) is 12.8 Å². The molecule has 0 saturated heterocycles. The fourth-order valence-corrected chi connectivity index (χ4v) is 9.06. The third kappa shape index (κ3) is 53.3. The summed E-state index contributed by atoms with van der Waals surface area (Å²) < 4.78 is 5.46. The standard InChI is InChI=1S/C61H115NO5/c1-3-5-7-9-11-13-15-17-19-20-21-22-23-26-29-33-37-41-45-49-53-59(64)58(57-63)62-60(65)54-50-46-42-38-34-30-27-24-25-28-32-36-40-44-48-52-56-67-61(66)55-51-47-43-39-35-31-18-16-14-12-10-8-6-4-2/h10,12,16,18,49,53,58-59,63-64H,3-9,11,13-15,17,19-48,50-52,54-57H2,1-2H3,(H,62,65)/b12-10-,18-16-,53-49+. The van der Waals surface area contributed by atoms with Crippen molar-refractivity contribution >= 4 is 11.9 Å². The molecule has 394 valence electrons. The molecule has 6 heteroatoms. The zero-order valence-corrected chi connectivity index (χ0v) is 44.9. The molecule has 0 heterocycles. The van der Waals surface area contributed by atoms with Crippen LogP contribution in [0, 0.1) is 0 Å². The molecule has 0 aliphatic heterocycles. The lowest BCUT2D eigenvalue weighted by molar-refractivity contribution is -0.143. The molecule has 67 heavy (non-hydrogen) atoms. The second-order valence-electron chi connectivity index (χ2n) is 20.3. The number of esters is 1. The van der Waals surface area contributed by atoms with Gasteiger partial charge in [0.15, 0.2) is 0 Å². The first kappa shape index (κ1) is 65.1. The molecule has 2 atom stereocenters. The molecule has 0 aromatic carbocycles. The monoisotopic (exact) mass is 942 g/mol. The lowest BCUT2D eigenvalue weighted by Gasteiger charge is -2.20.